The van der Waals surface area contributed by atoms with Crippen LogP contribution < -0.4 is 5.73 Å². The van der Waals surface area contributed by atoms with Crippen LogP contribution in [0.1, 0.15) is 12.6 Å². The highest BCUT2D eigenvalue weighted by Crippen LogP contribution is 2.25. The monoisotopic (exact) mass is 228 g/mol. The van der Waals surface area contributed by atoms with Crippen LogP contribution in [0, 0.1) is 0 Å². The maximum atomic E-state index is 5.71. The third-order valence-corrected chi connectivity index (χ3v) is 2.30. The Hall–Kier alpha value is -2.43. The summed E-state index contributed by atoms with van der Waals surface area (Å²) in [6.45, 7) is 5.61. The van der Waals surface area contributed by atoms with Crippen molar-refractivity contribution in [3.63, 3.8) is 0 Å². The molecule has 0 aliphatic carbocycles. The molecule has 0 aliphatic heterocycles. The van der Waals surface area contributed by atoms with Gasteiger partial charge in [0.15, 0.2) is 17.3 Å². The van der Waals surface area contributed by atoms with Gasteiger partial charge < -0.3 is 10.3 Å². The maximum absolute atomic E-state index is 5.71. The number of nitrogens with zero attached hydrogens (tertiary/aromatic N) is 3. The van der Waals surface area contributed by atoms with Gasteiger partial charge in [0.25, 0.3) is 0 Å². The number of nitrogen functional groups attached to an aromatic ring is 1. The van der Waals surface area contributed by atoms with Crippen molar-refractivity contribution in [3.8, 4) is 11.5 Å². The fourth-order valence-electron chi connectivity index (χ4n) is 1.43. The minimum Gasteiger partial charge on any atom is -0.382 e. The fourth-order valence-corrected chi connectivity index (χ4v) is 1.43. The SMILES string of the molecule is C=C/C(=C\C)c1cc(-c2nccnc2N)on1. The number of anilines is 1. The molecule has 0 radical (unpaired) electrons. The minimum atomic E-state index is 0.316. The van der Waals surface area contributed by atoms with E-state index in [0.717, 1.165) is 5.57 Å². The van der Waals surface area contributed by atoms with Crippen LogP contribution in [0.5, 0.6) is 0 Å². The molecule has 0 saturated heterocycles. The molecule has 5 nitrogen and oxygen atoms in total. The molecule has 0 unspecified atom stereocenters. The predicted octanol–water partition coefficient (Wildman–Crippen LogP) is 2.30. The lowest BCUT2D eigenvalue weighted by Crippen LogP contribution is -1.94. The Balaban J connectivity index is 2.43. The molecule has 0 aliphatic rings. The van der Waals surface area contributed by atoms with Gasteiger partial charge in [-0.1, -0.05) is 23.9 Å². The van der Waals surface area contributed by atoms with Crippen molar-refractivity contribution in [1.29, 1.82) is 0 Å². The lowest BCUT2D eigenvalue weighted by Gasteiger charge is -1.96. The molecular weight excluding hydrogens is 216 g/mol. The molecule has 2 aromatic rings. The average molecular weight is 228 g/mol. The molecule has 17 heavy (non-hydrogen) atoms. The van der Waals surface area contributed by atoms with E-state index in [1.165, 1.54) is 6.20 Å². The topological polar surface area (TPSA) is 77.8 Å². The highest BCUT2D eigenvalue weighted by molar-refractivity contribution is 5.74. The van der Waals surface area contributed by atoms with E-state index < -0.39 is 0 Å². The highest BCUT2D eigenvalue weighted by atomic mass is 16.5. The van der Waals surface area contributed by atoms with Crippen LogP contribution in [0.4, 0.5) is 5.82 Å². The Bertz CT molecular complexity index is 571. The van der Waals surface area contributed by atoms with E-state index >= 15 is 0 Å². The zero-order valence-corrected chi connectivity index (χ0v) is 9.42. The van der Waals surface area contributed by atoms with Crippen molar-refractivity contribution in [3.05, 3.63) is 42.9 Å². The van der Waals surface area contributed by atoms with Crippen LogP contribution >= 0.6 is 0 Å². The van der Waals surface area contributed by atoms with E-state index in [1.54, 1.807) is 18.3 Å². The molecule has 2 N–H and O–H groups in total. The first-order chi connectivity index (χ1) is 8.26. The van der Waals surface area contributed by atoms with Crippen molar-refractivity contribution in [2.45, 2.75) is 6.92 Å². The van der Waals surface area contributed by atoms with Gasteiger partial charge in [-0.2, -0.15) is 0 Å². The summed E-state index contributed by atoms with van der Waals surface area (Å²) in [5, 5.41) is 3.94. The normalized spacial score (nSPS) is 11.5. The fraction of sp³-hybridized carbons (Fsp3) is 0.0833. The Morgan fingerprint density at radius 3 is 2.82 bits per heavy atom. The van der Waals surface area contributed by atoms with Crippen molar-refractivity contribution >= 4 is 11.4 Å². The van der Waals surface area contributed by atoms with E-state index in [1.807, 2.05) is 13.0 Å². The van der Waals surface area contributed by atoms with Gasteiger partial charge >= 0.3 is 0 Å². The first-order valence-electron chi connectivity index (χ1n) is 5.09. The van der Waals surface area contributed by atoms with Crippen LogP contribution in [-0.4, -0.2) is 15.1 Å². The van der Waals surface area contributed by atoms with E-state index in [-0.39, 0.29) is 0 Å². The number of hydrogen-bond donors (Lipinski definition) is 1. The van der Waals surface area contributed by atoms with E-state index in [4.69, 9.17) is 10.3 Å². The van der Waals surface area contributed by atoms with Gasteiger partial charge in [0, 0.05) is 18.5 Å². The van der Waals surface area contributed by atoms with Gasteiger partial charge in [-0.15, -0.1) is 0 Å². The molecule has 2 rings (SSSR count). The van der Waals surface area contributed by atoms with Gasteiger partial charge in [-0.3, -0.25) is 0 Å². The molecular formula is C12H12N4O. The smallest absolute Gasteiger partial charge is 0.189 e. The lowest BCUT2D eigenvalue weighted by atomic mass is 10.1. The molecule has 0 aromatic carbocycles. The molecule has 0 amide bonds. The molecule has 0 fully saturated rings. The average Bonchev–Trinajstić information content (AvgIpc) is 2.81. The summed E-state index contributed by atoms with van der Waals surface area (Å²) in [6, 6.07) is 1.76. The molecule has 5 heteroatoms. The highest BCUT2D eigenvalue weighted by Gasteiger charge is 2.12. The molecule has 0 saturated carbocycles. The third-order valence-electron chi connectivity index (χ3n) is 2.30. The summed E-state index contributed by atoms with van der Waals surface area (Å²) < 4.78 is 5.20. The van der Waals surface area contributed by atoms with Crippen LogP contribution in [0.3, 0.4) is 0 Å². The van der Waals surface area contributed by atoms with Crippen LogP contribution in [0.25, 0.3) is 17.0 Å². The second-order valence-electron chi connectivity index (χ2n) is 3.31. The lowest BCUT2D eigenvalue weighted by molar-refractivity contribution is 0.429. The Labute approximate surface area is 98.7 Å². The summed E-state index contributed by atoms with van der Waals surface area (Å²) in [7, 11) is 0. The van der Waals surface area contributed by atoms with Crippen molar-refractivity contribution in [2.24, 2.45) is 0 Å². The number of nitrogens with two attached hydrogens (primary N) is 1. The van der Waals surface area contributed by atoms with E-state index in [2.05, 4.69) is 21.7 Å². The van der Waals surface area contributed by atoms with Gasteiger partial charge in [-0.25, -0.2) is 9.97 Å². The van der Waals surface area contributed by atoms with Crippen molar-refractivity contribution in [2.75, 3.05) is 5.73 Å². The summed E-state index contributed by atoms with van der Waals surface area (Å²) in [6.07, 6.45) is 6.69. The first-order valence-corrected chi connectivity index (χ1v) is 5.09. The summed E-state index contributed by atoms with van der Waals surface area (Å²) >= 11 is 0. The van der Waals surface area contributed by atoms with Crippen LogP contribution in [0.2, 0.25) is 0 Å². The Morgan fingerprint density at radius 2 is 2.18 bits per heavy atom. The molecule has 86 valence electrons. The third kappa shape index (κ3) is 2.08. The van der Waals surface area contributed by atoms with E-state index in [0.29, 0.717) is 23.0 Å². The quantitative estimate of drug-likeness (QED) is 0.815. The summed E-state index contributed by atoms with van der Waals surface area (Å²) in [4.78, 5) is 8.05. The Kier molecular flexibility index (Phi) is 3.00. The van der Waals surface area contributed by atoms with Crippen molar-refractivity contribution < 1.29 is 4.52 Å². The zero-order valence-electron chi connectivity index (χ0n) is 9.42. The summed E-state index contributed by atoms with van der Waals surface area (Å²) in [5.41, 5.74) is 7.79. The summed E-state index contributed by atoms with van der Waals surface area (Å²) in [5.74, 6) is 0.808. The van der Waals surface area contributed by atoms with Gasteiger partial charge in [0.2, 0.25) is 0 Å². The molecule has 0 atom stereocenters. The molecule has 0 spiro atoms. The van der Waals surface area contributed by atoms with Gasteiger partial charge in [0.1, 0.15) is 5.69 Å². The standard InChI is InChI=1S/C12H12N4O/c1-3-8(4-2)9-7-10(17-16-9)11-12(13)15-6-5-14-11/h3-7H,1H2,2H3,(H2,13,15)/b8-4+. The van der Waals surface area contributed by atoms with Crippen LogP contribution in [-0.2, 0) is 0 Å². The van der Waals surface area contributed by atoms with Crippen LogP contribution in [0.15, 0.2) is 41.7 Å². The van der Waals surface area contributed by atoms with Crippen molar-refractivity contribution in [1.82, 2.24) is 15.1 Å². The second kappa shape index (κ2) is 4.61. The minimum absolute atomic E-state index is 0.316. The zero-order chi connectivity index (χ0) is 12.3. The molecule has 0 bridgehead atoms. The number of allylic oxidation sites excluding steroid dienone is 3. The predicted molar refractivity (Wildman–Crippen MR) is 65.8 cm³/mol. The second-order valence-corrected chi connectivity index (χ2v) is 3.31. The first kappa shape index (κ1) is 11.1. The largest absolute Gasteiger partial charge is 0.382 e. The van der Waals surface area contributed by atoms with Gasteiger partial charge in [-0.05, 0) is 12.5 Å². The Morgan fingerprint density at radius 1 is 1.41 bits per heavy atom. The number of aromatic nitrogens is 3. The number of rotatable bonds is 3. The maximum Gasteiger partial charge on any atom is 0.189 e. The van der Waals surface area contributed by atoms with Gasteiger partial charge in [0.05, 0.1) is 0 Å². The van der Waals surface area contributed by atoms with E-state index in [9.17, 15) is 0 Å². The molecule has 2 heterocycles. The number of hydrogen-bond acceptors (Lipinski definition) is 5. The molecule has 2 aromatic heterocycles.